The van der Waals surface area contributed by atoms with Crippen LogP contribution in [0.15, 0.2) is 66.4 Å². The Kier molecular flexibility index (Phi) is 3.90. The summed E-state index contributed by atoms with van der Waals surface area (Å²) in [7, 11) is 0. The molecule has 2 aliphatic carbocycles. The number of benzene rings is 2. The average molecular weight is 416 g/mol. The molecule has 2 heterocycles. The third-order valence-corrected chi connectivity index (χ3v) is 7.44. The maximum atomic E-state index is 13.4. The van der Waals surface area contributed by atoms with Gasteiger partial charge >= 0.3 is 0 Å². The first-order valence-corrected chi connectivity index (χ1v) is 10.9. The van der Waals surface area contributed by atoms with Gasteiger partial charge in [0.25, 0.3) is 0 Å². The van der Waals surface area contributed by atoms with E-state index in [0.717, 1.165) is 41.8 Å². The van der Waals surface area contributed by atoms with E-state index in [4.69, 9.17) is 9.47 Å². The van der Waals surface area contributed by atoms with Crippen LogP contribution in [0.2, 0.25) is 0 Å². The van der Waals surface area contributed by atoms with Crippen molar-refractivity contribution in [2.45, 2.75) is 44.5 Å². The van der Waals surface area contributed by atoms with E-state index >= 15 is 0 Å². The second-order valence-corrected chi connectivity index (χ2v) is 9.36. The topological polar surface area (TPSA) is 36.3 Å². The van der Waals surface area contributed by atoms with Crippen LogP contribution in [-0.2, 0) is 21.5 Å². The number of hydrogen-bond donors (Lipinski definition) is 0. The maximum absolute atomic E-state index is 13.4. The Bertz CT molecular complexity index is 1190. The number of nitrogens with zero attached hydrogens (tertiary/aromatic N) is 2. The number of hydrogen-bond acceptors (Lipinski definition) is 3. The van der Waals surface area contributed by atoms with Crippen LogP contribution in [0.1, 0.15) is 43.5 Å². The van der Waals surface area contributed by atoms with Crippen LogP contribution in [0.3, 0.4) is 0 Å². The minimum Gasteiger partial charge on any atom is -0.346 e. The van der Waals surface area contributed by atoms with Gasteiger partial charge in [-0.05, 0) is 61.2 Å². The van der Waals surface area contributed by atoms with Crippen molar-refractivity contribution in [1.29, 1.82) is 0 Å². The average Bonchev–Trinajstić information content (AvgIpc) is 3.43. The fraction of sp³-hybridized carbons (Fsp3) is 0.346. The molecule has 4 nitrogen and oxygen atoms in total. The molecule has 1 aromatic heterocycles. The highest BCUT2D eigenvalue weighted by Crippen LogP contribution is 2.61. The van der Waals surface area contributed by atoms with Crippen molar-refractivity contribution in [3.05, 3.63) is 89.0 Å². The van der Waals surface area contributed by atoms with Gasteiger partial charge in [-0.15, -0.1) is 0 Å². The van der Waals surface area contributed by atoms with E-state index in [1.54, 1.807) is 12.1 Å². The highest BCUT2D eigenvalue weighted by atomic mass is 19.1. The normalized spacial score (nSPS) is 31.5. The van der Waals surface area contributed by atoms with Gasteiger partial charge in [0.1, 0.15) is 11.4 Å². The fourth-order valence-electron chi connectivity index (χ4n) is 5.60. The standard InChI is InChI=1S/C26H25FN2O2/c1-24-15-18-16-28-29(22-10-8-21(27)9-11-22)23(18)14-20(24)12-13-26(24)30-17-25(2,31-26)19-6-4-3-5-7-19/h3-11,14,16H,12-13,15,17H2,1-2H3/t24?,25-,26-/m0/s1. The molecule has 31 heavy (non-hydrogen) atoms. The van der Waals surface area contributed by atoms with Crippen LogP contribution in [0.25, 0.3) is 11.8 Å². The third kappa shape index (κ3) is 2.63. The Balaban J connectivity index is 1.37. The van der Waals surface area contributed by atoms with Crippen molar-refractivity contribution < 1.29 is 13.9 Å². The monoisotopic (exact) mass is 416 g/mol. The number of rotatable bonds is 2. The third-order valence-electron chi connectivity index (χ3n) is 7.44. The Morgan fingerprint density at radius 2 is 1.81 bits per heavy atom. The van der Waals surface area contributed by atoms with Gasteiger partial charge < -0.3 is 9.47 Å². The second kappa shape index (κ2) is 6.38. The largest absolute Gasteiger partial charge is 0.346 e. The maximum Gasteiger partial charge on any atom is 0.179 e. The first kappa shape index (κ1) is 19.0. The summed E-state index contributed by atoms with van der Waals surface area (Å²) in [5, 5.41) is 4.62. The van der Waals surface area contributed by atoms with E-state index in [1.807, 2.05) is 29.1 Å². The van der Waals surface area contributed by atoms with Crippen LogP contribution >= 0.6 is 0 Å². The van der Waals surface area contributed by atoms with Gasteiger partial charge in [-0.25, -0.2) is 9.07 Å². The van der Waals surface area contributed by atoms with Crippen molar-refractivity contribution in [3.63, 3.8) is 0 Å². The van der Waals surface area contributed by atoms with E-state index in [9.17, 15) is 4.39 Å². The minimum atomic E-state index is -0.640. The lowest BCUT2D eigenvalue weighted by Gasteiger charge is -2.42. The molecule has 1 unspecified atom stereocenters. The molecular formula is C26H25FN2O2. The molecule has 6 rings (SSSR count). The summed E-state index contributed by atoms with van der Waals surface area (Å²) in [5.74, 6) is -0.885. The minimum absolute atomic E-state index is 0.245. The Labute approximate surface area is 181 Å². The van der Waals surface area contributed by atoms with Gasteiger partial charge in [0, 0.05) is 11.8 Å². The highest BCUT2D eigenvalue weighted by Gasteiger charge is 2.64. The predicted molar refractivity (Wildman–Crippen MR) is 116 cm³/mol. The number of ether oxygens (including phenoxy) is 2. The van der Waals surface area contributed by atoms with Crippen molar-refractivity contribution in [3.8, 4) is 5.69 Å². The zero-order valence-corrected chi connectivity index (χ0v) is 17.8. The summed E-state index contributed by atoms with van der Waals surface area (Å²) in [6.07, 6.45) is 6.74. The zero-order chi connectivity index (χ0) is 21.3. The molecule has 158 valence electrons. The smallest absolute Gasteiger partial charge is 0.179 e. The lowest BCUT2D eigenvalue weighted by Crippen LogP contribution is -2.47. The van der Waals surface area contributed by atoms with Crippen molar-refractivity contribution in [2.24, 2.45) is 5.41 Å². The molecule has 2 aromatic carbocycles. The van der Waals surface area contributed by atoms with Crippen molar-refractivity contribution >= 4 is 6.08 Å². The van der Waals surface area contributed by atoms with Gasteiger partial charge in [0.15, 0.2) is 5.79 Å². The van der Waals surface area contributed by atoms with Crippen LogP contribution in [-0.4, -0.2) is 22.2 Å². The molecule has 3 atom stereocenters. The number of fused-ring (bicyclic) bond motifs is 3. The van der Waals surface area contributed by atoms with E-state index < -0.39 is 11.4 Å². The van der Waals surface area contributed by atoms with E-state index in [2.05, 4.69) is 37.2 Å². The van der Waals surface area contributed by atoms with Crippen molar-refractivity contribution in [1.82, 2.24) is 9.78 Å². The molecule has 1 aliphatic heterocycles. The van der Waals surface area contributed by atoms with Gasteiger partial charge in [-0.3, -0.25) is 0 Å². The summed E-state index contributed by atoms with van der Waals surface area (Å²) >= 11 is 0. The molecule has 2 fully saturated rings. The zero-order valence-electron chi connectivity index (χ0n) is 17.8. The Morgan fingerprint density at radius 3 is 2.58 bits per heavy atom. The lowest BCUT2D eigenvalue weighted by atomic mass is 9.72. The van der Waals surface area contributed by atoms with Crippen LogP contribution < -0.4 is 0 Å². The van der Waals surface area contributed by atoms with Gasteiger partial charge in [0.2, 0.25) is 0 Å². The number of aromatic nitrogens is 2. The van der Waals surface area contributed by atoms with Gasteiger partial charge in [-0.2, -0.15) is 5.10 Å². The van der Waals surface area contributed by atoms with E-state index in [1.165, 1.54) is 17.7 Å². The molecule has 3 aromatic rings. The first-order chi connectivity index (χ1) is 14.9. The summed E-state index contributed by atoms with van der Waals surface area (Å²) in [5.41, 5.74) is 4.87. The van der Waals surface area contributed by atoms with Crippen molar-refractivity contribution in [2.75, 3.05) is 6.61 Å². The van der Waals surface area contributed by atoms with E-state index in [0.29, 0.717) is 6.61 Å². The quantitative estimate of drug-likeness (QED) is 0.560. The molecule has 0 bridgehead atoms. The van der Waals surface area contributed by atoms with E-state index in [-0.39, 0.29) is 11.2 Å². The molecule has 5 heteroatoms. The predicted octanol–water partition coefficient (Wildman–Crippen LogP) is 5.41. The molecule has 0 amide bonds. The Hall–Kier alpha value is -2.76. The second-order valence-electron chi connectivity index (χ2n) is 9.36. The summed E-state index contributed by atoms with van der Waals surface area (Å²) in [4.78, 5) is 0. The first-order valence-electron chi connectivity index (χ1n) is 10.9. The van der Waals surface area contributed by atoms with Crippen LogP contribution in [0.4, 0.5) is 4.39 Å². The molecule has 1 saturated carbocycles. The highest BCUT2D eigenvalue weighted by molar-refractivity contribution is 5.62. The van der Waals surface area contributed by atoms with Gasteiger partial charge in [0.05, 0.1) is 24.2 Å². The molecule has 0 N–H and O–H groups in total. The Morgan fingerprint density at radius 1 is 1.03 bits per heavy atom. The molecule has 1 saturated heterocycles. The molecular weight excluding hydrogens is 391 g/mol. The molecule has 3 aliphatic rings. The number of halogens is 1. The summed E-state index contributed by atoms with van der Waals surface area (Å²) in [6.45, 7) is 4.94. The molecule has 0 radical (unpaired) electrons. The fourth-order valence-corrected chi connectivity index (χ4v) is 5.60. The summed E-state index contributed by atoms with van der Waals surface area (Å²) < 4.78 is 28.7. The summed E-state index contributed by atoms with van der Waals surface area (Å²) in [6, 6.07) is 16.8. The SMILES string of the molecule is CC12Cc3cnn(-c4ccc(F)cc4)c3C=C1CC[C@@]21OC[C@@](C)(c2ccccc2)O1. The molecule has 1 spiro atoms. The van der Waals surface area contributed by atoms with Gasteiger partial charge in [-0.1, -0.05) is 42.8 Å². The van der Waals surface area contributed by atoms with Crippen LogP contribution in [0, 0.1) is 11.2 Å². The lowest BCUT2D eigenvalue weighted by molar-refractivity contribution is -0.233. The van der Waals surface area contributed by atoms with Crippen LogP contribution in [0.5, 0.6) is 0 Å².